The van der Waals surface area contributed by atoms with E-state index >= 15 is 0 Å². The molecular formula is C58H89N3O9. The summed E-state index contributed by atoms with van der Waals surface area (Å²) in [6.07, 6.45) is 1.74. The number of pyridine rings is 3. The summed E-state index contributed by atoms with van der Waals surface area (Å²) in [5.41, 5.74) is 6.46. The molecule has 0 saturated carbocycles. The van der Waals surface area contributed by atoms with E-state index in [1.54, 1.807) is 29.0 Å². The predicted molar refractivity (Wildman–Crippen MR) is 289 cm³/mol. The summed E-state index contributed by atoms with van der Waals surface area (Å²) in [7, 11) is 0. The van der Waals surface area contributed by atoms with Crippen LogP contribution in [-0.2, 0) is 0 Å². The van der Waals surface area contributed by atoms with Gasteiger partial charge in [0.2, 0.25) is 0 Å². The number of aromatic nitrogens is 3. The minimum atomic E-state index is -0.300. The summed E-state index contributed by atoms with van der Waals surface area (Å²) in [6.45, 7) is 41.5. The molecule has 0 radical (unpaired) electrons. The topological polar surface area (TPSA) is 187 Å². The fraction of sp³-hybridized carbons (Fsp3) is 0.534. The van der Waals surface area contributed by atoms with Crippen molar-refractivity contribution in [3.05, 3.63) is 142 Å². The second-order valence-corrected chi connectivity index (χ2v) is 21.1. The van der Waals surface area contributed by atoms with Gasteiger partial charge in [-0.25, -0.2) is 0 Å². The molecule has 0 amide bonds. The molecule has 0 aliphatic carbocycles. The van der Waals surface area contributed by atoms with E-state index in [0.717, 1.165) is 38.2 Å². The van der Waals surface area contributed by atoms with Gasteiger partial charge in [0.1, 0.15) is 5.75 Å². The second kappa shape index (κ2) is 27.5. The van der Waals surface area contributed by atoms with Crippen molar-refractivity contribution in [3.8, 4) is 28.7 Å². The first-order valence-electron chi connectivity index (χ1n) is 24.9. The van der Waals surface area contributed by atoms with E-state index < -0.39 is 0 Å². The molecule has 0 unspecified atom stereocenters. The van der Waals surface area contributed by atoms with Gasteiger partial charge < -0.3 is 39.9 Å². The van der Waals surface area contributed by atoms with Crippen LogP contribution in [0.25, 0.3) is 0 Å². The van der Waals surface area contributed by atoms with Crippen LogP contribution < -0.4 is 16.7 Å². The Kier molecular flexibility index (Phi) is 24.4. The smallest absolute Gasteiger partial charge is 0.293 e. The summed E-state index contributed by atoms with van der Waals surface area (Å²) in [5.74, 6) is 2.17. The van der Waals surface area contributed by atoms with Crippen LogP contribution in [0.2, 0.25) is 0 Å². The number of hydrogen-bond acceptors (Lipinski definition) is 9. The third kappa shape index (κ3) is 16.3. The van der Waals surface area contributed by atoms with Gasteiger partial charge in [-0.05, 0) is 111 Å². The van der Waals surface area contributed by atoms with Crippen molar-refractivity contribution in [2.45, 2.75) is 205 Å². The fourth-order valence-corrected chi connectivity index (χ4v) is 7.76. The van der Waals surface area contributed by atoms with Gasteiger partial charge in [-0.1, -0.05) is 147 Å². The molecule has 5 rings (SSSR count). The number of nitrogens with zero attached hydrogens (tertiary/aromatic N) is 3. The largest absolute Gasteiger partial charge is 0.507 e. The van der Waals surface area contributed by atoms with Gasteiger partial charge in [0, 0.05) is 51.8 Å². The Hall–Kier alpha value is -5.91. The lowest BCUT2D eigenvalue weighted by Gasteiger charge is -2.17. The summed E-state index contributed by atoms with van der Waals surface area (Å²) < 4.78 is 3.91. The third-order valence-electron chi connectivity index (χ3n) is 12.0. The summed E-state index contributed by atoms with van der Waals surface area (Å²) in [5, 5.41) is 58.5. The van der Waals surface area contributed by atoms with Crippen LogP contribution in [0.5, 0.6) is 28.7 Å². The molecule has 3 aromatic heterocycles. The highest BCUT2D eigenvalue weighted by Crippen LogP contribution is 2.39. The standard InChI is InChI=1S/C12H19NO2.C12H18O2.C12H18O.2C11H17NO2/c1-7(2)10-6-9(5)13(8(3)4)12(15)11(10)14;1-7(2)9-5-6-10(8(3)4)12(14)11(9)13;1-8(2)10-6-5-7-11(9(3)4)12(10)13;1-7(2)9-5-6-12(8(3)4)11(14)10(9)13;1-7(2)9-5-6-10(8(3)4)12(14)11(9)13/h6-8,14H,1-5H3;5-8,13-14H,1-4H3;5-9,13H,1-4H3;5-8,13H,1-4H3;5-8,14H,1-4H3. The average molecular weight is 972 g/mol. The number of phenolic OH excluding ortho intramolecular Hbond substituents is 3. The van der Waals surface area contributed by atoms with Gasteiger partial charge >= 0.3 is 0 Å². The number of para-hydroxylation sites is 1. The fourth-order valence-electron chi connectivity index (χ4n) is 7.76. The number of rotatable bonds is 10. The Labute approximate surface area is 418 Å². The van der Waals surface area contributed by atoms with Crippen LogP contribution in [0.1, 0.15) is 248 Å². The highest BCUT2D eigenvalue weighted by Gasteiger charge is 2.18. The number of phenols is 3. The molecule has 2 aromatic carbocycles. The highest BCUT2D eigenvalue weighted by atomic mass is 16.5. The highest BCUT2D eigenvalue weighted by molar-refractivity contribution is 5.52. The molecule has 70 heavy (non-hydrogen) atoms. The zero-order valence-corrected chi connectivity index (χ0v) is 46.3. The van der Waals surface area contributed by atoms with Crippen LogP contribution in [0.3, 0.4) is 0 Å². The summed E-state index contributed by atoms with van der Waals surface area (Å²) in [4.78, 5) is 35.2. The second-order valence-electron chi connectivity index (χ2n) is 21.1. The maximum Gasteiger partial charge on any atom is 0.293 e. The van der Waals surface area contributed by atoms with E-state index in [-0.39, 0.29) is 87.3 Å². The van der Waals surface area contributed by atoms with Gasteiger partial charge in [-0.2, -0.15) is 4.73 Å². The zero-order valence-electron chi connectivity index (χ0n) is 46.3. The lowest BCUT2D eigenvalue weighted by Crippen LogP contribution is -2.25. The molecular weight excluding hydrogens is 883 g/mol. The molecule has 0 bridgehead atoms. The minimum absolute atomic E-state index is 0.0335. The summed E-state index contributed by atoms with van der Waals surface area (Å²) in [6, 6.07) is 17.2. The van der Waals surface area contributed by atoms with E-state index in [1.165, 1.54) is 4.57 Å². The van der Waals surface area contributed by atoms with E-state index in [1.807, 2.05) is 154 Å². The van der Waals surface area contributed by atoms with Crippen LogP contribution in [0.4, 0.5) is 0 Å². The molecule has 390 valence electrons. The number of aromatic hydroxyl groups is 5. The molecule has 12 nitrogen and oxygen atoms in total. The van der Waals surface area contributed by atoms with Gasteiger partial charge in [0.25, 0.3) is 16.7 Å². The van der Waals surface area contributed by atoms with E-state index in [4.69, 9.17) is 0 Å². The molecule has 0 fully saturated rings. The lowest BCUT2D eigenvalue weighted by atomic mass is 9.94. The van der Waals surface area contributed by atoms with E-state index in [0.29, 0.717) is 34.4 Å². The molecule has 12 heteroatoms. The van der Waals surface area contributed by atoms with Crippen molar-refractivity contribution >= 4 is 0 Å². The lowest BCUT2D eigenvalue weighted by molar-refractivity contribution is 0.161. The van der Waals surface area contributed by atoms with Gasteiger partial charge in [-0.15, -0.1) is 0 Å². The summed E-state index contributed by atoms with van der Waals surface area (Å²) >= 11 is 0. The van der Waals surface area contributed by atoms with Crippen molar-refractivity contribution in [2.24, 2.45) is 0 Å². The van der Waals surface area contributed by atoms with E-state index in [9.17, 15) is 45.1 Å². The Morgan fingerprint density at radius 2 is 0.729 bits per heavy atom. The van der Waals surface area contributed by atoms with Crippen molar-refractivity contribution < 1.29 is 30.7 Å². The Morgan fingerprint density at radius 1 is 0.371 bits per heavy atom. The normalized spacial score (nSPS) is 11.3. The number of aryl methyl sites for hydroxylation is 1. The van der Waals surface area contributed by atoms with Gasteiger partial charge in [0.15, 0.2) is 23.0 Å². The Balaban J connectivity index is 0.000000438. The molecule has 0 spiro atoms. The molecule has 6 N–H and O–H groups in total. The molecule has 3 heterocycles. The quantitative estimate of drug-likeness (QED) is 0.0585. The van der Waals surface area contributed by atoms with Gasteiger partial charge in [-0.3, -0.25) is 14.4 Å². The number of hydrogen-bond donors (Lipinski definition) is 6. The van der Waals surface area contributed by atoms with Crippen molar-refractivity contribution in [1.82, 2.24) is 13.9 Å². The first-order valence-corrected chi connectivity index (χ1v) is 24.9. The molecule has 0 atom stereocenters. The number of benzene rings is 2. The first kappa shape index (κ1) is 62.1. The Bertz CT molecular complexity index is 2490. The van der Waals surface area contributed by atoms with Gasteiger partial charge in [0.05, 0.1) is 5.69 Å². The van der Waals surface area contributed by atoms with Crippen molar-refractivity contribution in [2.75, 3.05) is 0 Å². The SMILES string of the molecule is CC(C)c1ccc(C(C)C)c(O)c1O.CC(C)c1ccc(C(C)C)n(O)c1=O.CC(C)c1cccc(C(C)C)c1O.CC(C)c1ccn(C(C)C)c(=O)c1O.Cc1cc(C(C)C)c(O)c(=O)n1C(C)C. The van der Waals surface area contributed by atoms with Crippen LogP contribution in [0, 0.1) is 6.92 Å². The maximum absolute atomic E-state index is 11.9. The van der Waals surface area contributed by atoms with Crippen molar-refractivity contribution in [3.63, 3.8) is 0 Å². The van der Waals surface area contributed by atoms with Crippen molar-refractivity contribution in [1.29, 1.82) is 0 Å². The molecule has 5 aromatic rings. The monoisotopic (exact) mass is 972 g/mol. The predicted octanol–water partition coefficient (Wildman–Crippen LogP) is 14.1. The third-order valence-corrected chi connectivity index (χ3v) is 12.0. The Morgan fingerprint density at radius 3 is 1.09 bits per heavy atom. The van der Waals surface area contributed by atoms with Crippen LogP contribution >= 0.6 is 0 Å². The zero-order chi connectivity index (χ0) is 54.4. The average Bonchev–Trinajstić information content (AvgIpc) is 3.24. The van der Waals surface area contributed by atoms with E-state index in [2.05, 4.69) is 27.7 Å². The minimum Gasteiger partial charge on any atom is -0.507 e. The first-order chi connectivity index (χ1) is 32.2. The molecule has 0 saturated heterocycles. The maximum atomic E-state index is 11.9. The molecule has 0 aliphatic heterocycles. The molecule has 0 aliphatic rings. The van der Waals surface area contributed by atoms with Crippen LogP contribution in [0.15, 0.2) is 75.2 Å². The van der Waals surface area contributed by atoms with Crippen LogP contribution in [-0.4, -0.2) is 44.6 Å².